The van der Waals surface area contributed by atoms with Crippen LogP contribution in [0.5, 0.6) is 0 Å². The van der Waals surface area contributed by atoms with Crippen molar-refractivity contribution >= 4 is 64.1 Å². The summed E-state index contributed by atoms with van der Waals surface area (Å²) in [5, 5.41) is 0. The molecule has 0 saturated heterocycles. The van der Waals surface area contributed by atoms with E-state index in [4.69, 9.17) is 19.1 Å². The van der Waals surface area contributed by atoms with E-state index in [9.17, 15) is 19.2 Å². The number of halogens is 4. The Hall–Kier alpha value is -0.0382. The van der Waals surface area contributed by atoms with Gasteiger partial charge >= 0.3 is 80.3 Å². The summed E-state index contributed by atoms with van der Waals surface area (Å²) in [5.74, 6) is -0.712. The second-order valence-electron chi connectivity index (χ2n) is 4.68. The van der Waals surface area contributed by atoms with E-state index in [0.29, 0.717) is 45.2 Å². The molecule has 0 fully saturated rings. The standard InChI is InChI=1S/2C7H12O4.C3H6.4ClH.Cu.Pd/c1-6(7(9)10-2)3-4-11-5-8;1-10-7(9)4-2-3-5-11-6-8;1-3-2;;;;;;/h5-6H,3-4H2,1-2H3;6H,2-5H2,1H3;3H,1H2,2H3;4*1H;;/q;;;;;;;2*+2/p-4. The molecule has 0 aliphatic heterocycles. The maximum absolute atomic E-state index is 10.7. The van der Waals surface area contributed by atoms with Crippen LogP contribution in [0.2, 0.25) is 0 Å². The topological polar surface area (TPSA) is 105 Å². The predicted octanol–water partition coefficient (Wildman–Crippen LogP) is 4.81. The molecule has 0 aliphatic carbocycles. The molecule has 8 nitrogen and oxygen atoms in total. The summed E-state index contributed by atoms with van der Waals surface area (Å²) in [4.78, 5) is 40.6. The van der Waals surface area contributed by atoms with Crippen LogP contribution in [-0.2, 0) is 67.2 Å². The number of carbonyl (C=O) groups is 4. The molecule has 0 radical (unpaired) electrons. The number of esters is 2. The fourth-order valence-electron chi connectivity index (χ4n) is 1.22. The van der Waals surface area contributed by atoms with E-state index >= 15 is 0 Å². The van der Waals surface area contributed by atoms with Crippen LogP contribution >= 0.6 is 39.3 Å². The molecule has 0 aliphatic rings. The third-order valence-corrected chi connectivity index (χ3v) is 2.53. The number of rotatable bonds is 11. The summed E-state index contributed by atoms with van der Waals surface area (Å²) in [6.45, 7) is 8.38. The van der Waals surface area contributed by atoms with Gasteiger partial charge in [0.05, 0.1) is 33.4 Å². The fourth-order valence-corrected chi connectivity index (χ4v) is 1.22. The molecule has 14 heteroatoms. The van der Waals surface area contributed by atoms with Crippen LogP contribution in [0.4, 0.5) is 0 Å². The van der Waals surface area contributed by atoms with Crippen LogP contribution in [0.3, 0.4) is 0 Å². The number of unbranched alkanes of at least 4 members (excludes halogenated alkanes) is 1. The molecule has 0 aromatic carbocycles. The Labute approximate surface area is 215 Å². The normalized spacial score (nSPS) is 9.16. The van der Waals surface area contributed by atoms with E-state index in [1.807, 2.05) is 6.92 Å². The summed E-state index contributed by atoms with van der Waals surface area (Å²) in [7, 11) is 21.7. The van der Waals surface area contributed by atoms with Crippen LogP contribution < -0.4 is 0 Å². The quantitative estimate of drug-likeness (QED) is 0.0769. The Bertz CT molecular complexity index is 408. The van der Waals surface area contributed by atoms with E-state index in [1.165, 1.54) is 14.2 Å². The zero-order valence-corrected chi connectivity index (χ0v) is 23.2. The summed E-state index contributed by atoms with van der Waals surface area (Å²) in [6.07, 6.45) is 4.04. The van der Waals surface area contributed by atoms with Gasteiger partial charge in [-0.3, -0.25) is 19.2 Å². The van der Waals surface area contributed by atoms with Gasteiger partial charge in [0.1, 0.15) is 0 Å². The van der Waals surface area contributed by atoms with E-state index in [-0.39, 0.29) is 40.4 Å². The maximum atomic E-state index is 10.7. The molecule has 0 saturated carbocycles. The SMILES string of the molecule is C=CC.COC(=O)C(C)CCOC=O.COC(=O)CCCCOC=O.[Cl][Cu][Cl].[Cl][Pd][Cl]. The Morgan fingerprint density at radius 2 is 1.45 bits per heavy atom. The van der Waals surface area contributed by atoms with Crippen molar-refractivity contribution in [3.05, 3.63) is 12.7 Å². The van der Waals surface area contributed by atoms with Gasteiger partial charge in [-0.25, -0.2) is 0 Å². The predicted molar refractivity (Wildman–Crippen MR) is 115 cm³/mol. The Morgan fingerprint density at radius 3 is 1.81 bits per heavy atom. The van der Waals surface area contributed by atoms with Crippen molar-refractivity contribution < 1.29 is 67.2 Å². The summed E-state index contributed by atoms with van der Waals surface area (Å²) in [6, 6.07) is 0. The van der Waals surface area contributed by atoms with Crippen molar-refractivity contribution in [3.8, 4) is 0 Å². The Balaban J connectivity index is -0.000000105. The first-order valence-electron chi connectivity index (χ1n) is 8.23. The van der Waals surface area contributed by atoms with Gasteiger partial charge in [-0.2, -0.15) is 0 Å². The second-order valence-corrected chi connectivity index (χ2v) is 8.59. The van der Waals surface area contributed by atoms with Gasteiger partial charge in [-0.15, -0.1) is 6.58 Å². The van der Waals surface area contributed by atoms with Gasteiger partial charge in [0.25, 0.3) is 12.9 Å². The number of hydrogen-bond donors (Lipinski definition) is 0. The van der Waals surface area contributed by atoms with Crippen molar-refractivity contribution in [3.63, 3.8) is 0 Å². The molecule has 0 bridgehead atoms. The van der Waals surface area contributed by atoms with Gasteiger partial charge in [0.15, 0.2) is 0 Å². The molecule has 1 unspecified atom stereocenters. The van der Waals surface area contributed by atoms with Gasteiger partial charge in [-0.1, -0.05) is 13.0 Å². The van der Waals surface area contributed by atoms with Crippen LogP contribution in [0.25, 0.3) is 0 Å². The molecule has 0 amide bonds. The van der Waals surface area contributed by atoms with Crippen molar-refractivity contribution in [2.24, 2.45) is 5.92 Å². The first-order chi connectivity index (χ1) is 14.8. The number of ether oxygens (including phenoxy) is 4. The second kappa shape index (κ2) is 43.8. The molecule has 0 heterocycles. The van der Waals surface area contributed by atoms with E-state index in [1.54, 1.807) is 13.0 Å². The van der Waals surface area contributed by atoms with Crippen LogP contribution in [0.15, 0.2) is 12.7 Å². The molecular weight excluding hydrogens is 644 g/mol. The third kappa shape index (κ3) is 58.8. The van der Waals surface area contributed by atoms with Crippen molar-refractivity contribution in [1.82, 2.24) is 0 Å². The number of hydrogen-bond acceptors (Lipinski definition) is 8. The molecule has 1 atom stereocenters. The van der Waals surface area contributed by atoms with Crippen LogP contribution in [0, 0.1) is 5.92 Å². The average molecular weight is 674 g/mol. The van der Waals surface area contributed by atoms with Gasteiger partial charge < -0.3 is 18.9 Å². The van der Waals surface area contributed by atoms with Crippen molar-refractivity contribution in [2.75, 3.05) is 27.4 Å². The Kier molecular flexibility index (Phi) is 58.2. The molecule has 0 spiro atoms. The third-order valence-electron chi connectivity index (χ3n) is 2.53. The van der Waals surface area contributed by atoms with Gasteiger partial charge in [-0.05, 0) is 26.2 Å². The molecule has 0 N–H and O–H groups in total. The first-order valence-corrected chi connectivity index (χ1v) is 14.8. The van der Waals surface area contributed by atoms with E-state index in [0.717, 1.165) is 13.1 Å². The molecule has 31 heavy (non-hydrogen) atoms. The van der Waals surface area contributed by atoms with Gasteiger partial charge in [0.2, 0.25) is 0 Å². The molecular formula is C17H30Cl4CuO8Pd. The average Bonchev–Trinajstić information content (AvgIpc) is 2.75. The zero-order chi connectivity index (χ0) is 25.3. The first kappa shape index (κ1) is 41.2. The molecule has 0 rings (SSSR count). The van der Waals surface area contributed by atoms with Crippen LogP contribution in [-0.4, -0.2) is 52.3 Å². The van der Waals surface area contributed by atoms with Crippen LogP contribution in [0.1, 0.15) is 39.5 Å². The summed E-state index contributed by atoms with van der Waals surface area (Å²) < 4.78 is 17.7. The number of allylic oxidation sites excluding steroid dienone is 1. The zero-order valence-electron chi connectivity index (χ0n) is 17.7. The molecule has 0 aromatic heterocycles. The van der Waals surface area contributed by atoms with Crippen molar-refractivity contribution in [1.29, 1.82) is 0 Å². The Morgan fingerprint density at radius 1 is 1.03 bits per heavy atom. The van der Waals surface area contributed by atoms with E-state index in [2.05, 4.69) is 45.7 Å². The van der Waals surface area contributed by atoms with Crippen molar-refractivity contribution in [2.45, 2.75) is 39.5 Å². The minimum absolute atomic E-state index is 0.106. The van der Waals surface area contributed by atoms with E-state index < -0.39 is 0 Å². The van der Waals surface area contributed by atoms with Gasteiger partial charge in [0, 0.05) is 6.42 Å². The summed E-state index contributed by atoms with van der Waals surface area (Å²) >= 11 is 0.651. The number of methoxy groups -OCH3 is 2. The molecule has 0 aromatic rings. The fraction of sp³-hybridized carbons (Fsp3) is 0.647. The minimum atomic E-state index is -0.278. The summed E-state index contributed by atoms with van der Waals surface area (Å²) in [5.41, 5.74) is 0. The molecule has 195 valence electrons. The monoisotopic (exact) mass is 671 g/mol. The number of carbonyl (C=O) groups excluding carboxylic acids is 4.